The van der Waals surface area contributed by atoms with Crippen LogP contribution in [0.3, 0.4) is 0 Å². The number of nitrogen functional groups attached to an aromatic ring is 1. The second-order valence-electron chi connectivity index (χ2n) is 9.43. The molecule has 1 saturated carbocycles. The first-order chi connectivity index (χ1) is 17.1. The summed E-state index contributed by atoms with van der Waals surface area (Å²) in [6.07, 6.45) is 7.35. The molecule has 7 nitrogen and oxygen atoms in total. The number of nitrogens with zero attached hydrogens (tertiary/aromatic N) is 3. The van der Waals surface area contributed by atoms with Crippen LogP contribution in [-0.2, 0) is 10.2 Å². The number of aromatic nitrogens is 2. The zero-order valence-electron chi connectivity index (χ0n) is 20.4. The van der Waals surface area contributed by atoms with Crippen LogP contribution in [0.2, 0.25) is 0 Å². The van der Waals surface area contributed by atoms with Crippen molar-refractivity contribution >= 4 is 11.9 Å². The topological polar surface area (TPSA) is 90.6 Å². The van der Waals surface area contributed by atoms with E-state index in [1.54, 1.807) is 20.4 Å². The Labute approximate surface area is 206 Å². The third kappa shape index (κ3) is 4.20. The van der Waals surface area contributed by atoms with Gasteiger partial charge in [0.25, 0.3) is 0 Å². The highest BCUT2D eigenvalue weighted by Crippen LogP contribution is 2.46. The lowest BCUT2D eigenvalue weighted by molar-refractivity contribution is -0.138. The summed E-state index contributed by atoms with van der Waals surface area (Å²) >= 11 is 0. The summed E-state index contributed by atoms with van der Waals surface area (Å²) in [6, 6.07) is 15.7. The van der Waals surface area contributed by atoms with E-state index >= 15 is 0 Å². The lowest BCUT2D eigenvalue weighted by Gasteiger charge is -2.36. The molecule has 1 unspecified atom stereocenters. The molecular formula is C28H32N4O3. The number of hydrogen-bond acceptors (Lipinski definition) is 6. The Kier molecular flexibility index (Phi) is 6.32. The molecule has 2 N–H and O–H groups in total. The zero-order valence-corrected chi connectivity index (χ0v) is 20.4. The Hall–Kier alpha value is -3.61. The molecule has 1 atom stereocenters. The predicted molar refractivity (Wildman–Crippen MR) is 135 cm³/mol. The van der Waals surface area contributed by atoms with Crippen LogP contribution in [0.1, 0.15) is 55.8 Å². The smallest absolute Gasteiger partial charge is 0.233 e. The van der Waals surface area contributed by atoms with Crippen molar-refractivity contribution in [3.63, 3.8) is 0 Å². The third-order valence-corrected chi connectivity index (χ3v) is 7.56. The SMILES string of the molecule is COc1ccc(C2(C(=O)N3CCCC3c3nc(N)ncc3-c3cccc(OC)c3)CCCC2)cc1. The van der Waals surface area contributed by atoms with Gasteiger partial charge in [0, 0.05) is 18.3 Å². The summed E-state index contributed by atoms with van der Waals surface area (Å²) < 4.78 is 10.8. The summed E-state index contributed by atoms with van der Waals surface area (Å²) in [7, 11) is 3.31. The quantitative estimate of drug-likeness (QED) is 0.548. The highest BCUT2D eigenvalue weighted by atomic mass is 16.5. The van der Waals surface area contributed by atoms with Gasteiger partial charge in [0.15, 0.2) is 0 Å². The fourth-order valence-corrected chi connectivity index (χ4v) is 5.76. The van der Waals surface area contributed by atoms with E-state index in [4.69, 9.17) is 15.2 Å². The highest BCUT2D eigenvalue weighted by Gasteiger charge is 2.48. The van der Waals surface area contributed by atoms with Gasteiger partial charge in [-0.1, -0.05) is 37.1 Å². The molecule has 1 aromatic heterocycles. The summed E-state index contributed by atoms with van der Waals surface area (Å²) in [5.41, 5.74) is 9.25. The molecule has 35 heavy (non-hydrogen) atoms. The van der Waals surface area contributed by atoms with Crippen LogP contribution in [0, 0.1) is 0 Å². The van der Waals surface area contributed by atoms with Crippen LogP contribution < -0.4 is 15.2 Å². The summed E-state index contributed by atoms with van der Waals surface area (Å²) in [4.78, 5) is 25.3. The fraction of sp³-hybridized carbons (Fsp3) is 0.393. The van der Waals surface area contributed by atoms with Gasteiger partial charge in [-0.15, -0.1) is 0 Å². The van der Waals surface area contributed by atoms with E-state index in [0.717, 1.165) is 72.4 Å². The molecule has 0 radical (unpaired) electrons. The number of carbonyl (C=O) groups excluding carboxylic acids is 1. The Morgan fingerprint density at radius 2 is 1.77 bits per heavy atom. The molecule has 1 saturated heterocycles. The Morgan fingerprint density at radius 1 is 1.03 bits per heavy atom. The molecule has 182 valence electrons. The standard InChI is InChI=1S/C28H32N4O3/c1-34-21-12-10-20(11-13-21)28(14-3-4-15-28)26(33)32-16-6-9-24(32)25-23(18-30-27(29)31-25)19-7-5-8-22(17-19)35-2/h5,7-8,10-13,17-18,24H,3-4,6,9,14-16H2,1-2H3,(H2,29,30,31). The van der Waals surface area contributed by atoms with Gasteiger partial charge in [0.1, 0.15) is 11.5 Å². The monoisotopic (exact) mass is 472 g/mol. The molecule has 0 spiro atoms. The first-order valence-corrected chi connectivity index (χ1v) is 12.3. The average molecular weight is 473 g/mol. The van der Waals surface area contributed by atoms with Gasteiger partial charge < -0.3 is 20.1 Å². The first-order valence-electron chi connectivity index (χ1n) is 12.3. The van der Waals surface area contributed by atoms with E-state index in [9.17, 15) is 4.79 Å². The van der Waals surface area contributed by atoms with Crippen molar-refractivity contribution in [2.75, 3.05) is 26.5 Å². The van der Waals surface area contributed by atoms with Gasteiger partial charge in [0.2, 0.25) is 11.9 Å². The van der Waals surface area contributed by atoms with Crippen LogP contribution in [0.4, 0.5) is 5.95 Å². The number of methoxy groups -OCH3 is 2. The summed E-state index contributed by atoms with van der Waals surface area (Å²) in [5.74, 6) is 1.97. The van der Waals surface area contributed by atoms with Crippen LogP contribution in [0.15, 0.2) is 54.7 Å². The van der Waals surface area contributed by atoms with Crippen LogP contribution in [0.25, 0.3) is 11.1 Å². The average Bonchev–Trinajstić information content (AvgIpc) is 3.59. The predicted octanol–water partition coefficient (Wildman–Crippen LogP) is 4.92. The Bertz CT molecular complexity index is 1210. The van der Waals surface area contributed by atoms with E-state index in [1.807, 2.05) is 41.3 Å². The maximum atomic E-state index is 14.3. The van der Waals surface area contributed by atoms with Gasteiger partial charge in [-0.05, 0) is 61.1 Å². The van der Waals surface area contributed by atoms with E-state index < -0.39 is 5.41 Å². The molecule has 5 rings (SSSR count). The minimum absolute atomic E-state index is 0.148. The molecule has 2 fully saturated rings. The normalized spacial score (nSPS) is 19.0. The maximum absolute atomic E-state index is 14.3. The molecule has 1 aliphatic carbocycles. The van der Waals surface area contributed by atoms with Gasteiger partial charge in [-0.2, -0.15) is 0 Å². The van der Waals surface area contributed by atoms with E-state index in [2.05, 4.69) is 22.1 Å². The minimum atomic E-state index is -0.510. The number of rotatable bonds is 6. The van der Waals surface area contributed by atoms with E-state index in [1.165, 1.54) is 0 Å². The molecule has 0 bridgehead atoms. The number of hydrogen-bond donors (Lipinski definition) is 1. The highest BCUT2D eigenvalue weighted by molar-refractivity contribution is 5.89. The fourth-order valence-electron chi connectivity index (χ4n) is 5.76. The summed E-state index contributed by atoms with van der Waals surface area (Å²) in [6.45, 7) is 0.711. The van der Waals surface area contributed by atoms with Crippen molar-refractivity contribution in [3.05, 3.63) is 66.0 Å². The largest absolute Gasteiger partial charge is 0.497 e. The van der Waals surface area contributed by atoms with Crippen molar-refractivity contribution in [1.82, 2.24) is 14.9 Å². The number of amides is 1. The van der Waals surface area contributed by atoms with Crippen molar-refractivity contribution in [2.24, 2.45) is 0 Å². The number of anilines is 1. The molecule has 2 heterocycles. The van der Waals surface area contributed by atoms with Gasteiger partial charge >= 0.3 is 0 Å². The van der Waals surface area contributed by atoms with Crippen LogP contribution in [0.5, 0.6) is 11.5 Å². The van der Waals surface area contributed by atoms with Crippen LogP contribution in [-0.4, -0.2) is 41.5 Å². The molecule has 1 amide bonds. The van der Waals surface area contributed by atoms with E-state index in [0.29, 0.717) is 6.54 Å². The number of nitrogens with two attached hydrogens (primary N) is 1. The van der Waals surface area contributed by atoms with Gasteiger partial charge in [0.05, 0.1) is 31.4 Å². The van der Waals surface area contributed by atoms with Crippen molar-refractivity contribution < 1.29 is 14.3 Å². The minimum Gasteiger partial charge on any atom is -0.497 e. The first kappa shape index (κ1) is 23.1. The van der Waals surface area contributed by atoms with Gasteiger partial charge in [-0.3, -0.25) is 4.79 Å². The number of ether oxygens (including phenoxy) is 2. The molecule has 2 aliphatic rings. The number of benzene rings is 2. The molecule has 3 aromatic rings. The van der Waals surface area contributed by atoms with Crippen molar-refractivity contribution in [3.8, 4) is 22.6 Å². The zero-order chi connectivity index (χ0) is 24.4. The third-order valence-electron chi connectivity index (χ3n) is 7.56. The van der Waals surface area contributed by atoms with Gasteiger partial charge in [-0.25, -0.2) is 9.97 Å². The van der Waals surface area contributed by atoms with Crippen molar-refractivity contribution in [2.45, 2.75) is 50.0 Å². The molecule has 1 aliphatic heterocycles. The molecule has 2 aromatic carbocycles. The van der Waals surface area contributed by atoms with Crippen molar-refractivity contribution in [1.29, 1.82) is 0 Å². The van der Waals surface area contributed by atoms with E-state index in [-0.39, 0.29) is 17.9 Å². The van der Waals surface area contributed by atoms with Crippen LogP contribution >= 0.6 is 0 Å². The maximum Gasteiger partial charge on any atom is 0.233 e. The second kappa shape index (κ2) is 9.56. The Balaban J connectivity index is 1.54. The lowest BCUT2D eigenvalue weighted by atomic mass is 9.77. The lowest BCUT2D eigenvalue weighted by Crippen LogP contribution is -2.45. The number of carbonyl (C=O) groups is 1. The molecule has 7 heteroatoms. The Morgan fingerprint density at radius 3 is 2.49 bits per heavy atom. The summed E-state index contributed by atoms with van der Waals surface area (Å²) in [5, 5.41) is 0. The molecular weight excluding hydrogens is 440 g/mol. The second-order valence-corrected chi connectivity index (χ2v) is 9.43. The number of likely N-dealkylation sites (tertiary alicyclic amines) is 1.